The molecule has 3 nitrogen and oxygen atoms in total. The summed E-state index contributed by atoms with van der Waals surface area (Å²) in [6.07, 6.45) is 3.28. The van der Waals surface area contributed by atoms with Crippen LogP contribution in [0.2, 0.25) is 0 Å². The van der Waals surface area contributed by atoms with E-state index < -0.39 is 21.7 Å². The molecule has 118 valence electrons. The quantitative estimate of drug-likeness (QED) is 0.837. The number of aryl methyl sites for hydroxylation is 1. The minimum absolute atomic E-state index is 0.128. The number of hydrogen-bond acceptors (Lipinski definition) is 2. The van der Waals surface area contributed by atoms with Gasteiger partial charge in [0, 0.05) is 13.1 Å². The van der Waals surface area contributed by atoms with E-state index in [0.717, 1.165) is 30.9 Å². The molecule has 1 heterocycles. The van der Waals surface area contributed by atoms with Gasteiger partial charge in [-0.05, 0) is 56.2 Å². The molecule has 1 saturated heterocycles. The highest BCUT2D eigenvalue weighted by atomic mass is 32.2. The van der Waals surface area contributed by atoms with Crippen LogP contribution in [0, 0.1) is 17.6 Å². The van der Waals surface area contributed by atoms with E-state index in [1.807, 2.05) is 0 Å². The van der Waals surface area contributed by atoms with E-state index in [2.05, 4.69) is 0 Å². The molecule has 6 heteroatoms. The van der Waals surface area contributed by atoms with Crippen molar-refractivity contribution in [2.24, 2.45) is 5.92 Å². The predicted octanol–water partition coefficient (Wildman–Crippen LogP) is 2.96. The molecular weight excluding hydrogens is 296 g/mol. The van der Waals surface area contributed by atoms with E-state index in [9.17, 15) is 17.2 Å². The van der Waals surface area contributed by atoms with Crippen LogP contribution in [0.4, 0.5) is 8.78 Å². The van der Waals surface area contributed by atoms with E-state index in [4.69, 9.17) is 0 Å². The zero-order chi connectivity index (χ0) is 15.5. The van der Waals surface area contributed by atoms with E-state index in [1.54, 1.807) is 17.3 Å². The fourth-order valence-electron chi connectivity index (χ4n) is 2.76. The molecule has 0 aliphatic carbocycles. The van der Waals surface area contributed by atoms with Crippen LogP contribution in [0.3, 0.4) is 0 Å². The van der Waals surface area contributed by atoms with Gasteiger partial charge < -0.3 is 0 Å². The number of piperidine rings is 1. The van der Waals surface area contributed by atoms with Gasteiger partial charge in [0.25, 0.3) is 0 Å². The first-order chi connectivity index (χ1) is 9.92. The van der Waals surface area contributed by atoms with Crippen LogP contribution >= 0.6 is 0 Å². The summed E-state index contributed by atoms with van der Waals surface area (Å²) >= 11 is 0. The molecule has 21 heavy (non-hydrogen) atoms. The smallest absolute Gasteiger partial charge is 0.212 e. The van der Waals surface area contributed by atoms with E-state index >= 15 is 0 Å². The molecule has 0 radical (unpaired) electrons. The standard InChI is InChI=1S/C15H21F2NO2S/c1-2-21(19,20)18-9-3-4-13(11-18)6-5-12-7-8-14(16)15(17)10-12/h7-8,10,13H,2-6,9,11H2,1H3/t13-/m0/s1. The first kappa shape index (κ1) is 16.4. The third-order valence-electron chi connectivity index (χ3n) is 4.07. The molecule has 0 saturated carbocycles. The van der Waals surface area contributed by atoms with Crippen molar-refractivity contribution in [1.82, 2.24) is 4.31 Å². The minimum Gasteiger partial charge on any atom is -0.212 e. The number of benzene rings is 1. The molecule has 0 amide bonds. The fraction of sp³-hybridized carbons (Fsp3) is 0.600. The highest BCUT2D eigenvalue weighted by molar-refractivity contribution is 7.89. The van der Waals surface area contributed by atoms with E-state index in [-0.39, 0.29) is 11.7 Å². The van der Waals surface area contributed by atoms with Crippen molar-refractivity contribution in [3.63, 3.8) is 0 Å². The van der Waals surface area contributed by atoms with Gasteiger partial charge in [-0.25, -0.2) is 21.5 Å². The summed E-state index contributed by atoms with van der Waals surface area (Å²) in [4.78, 5) is 0. The second kappa shape index (κ2) is 6.83. The molecule has 0 aromatic heterocycles. The van der Waals surface area contributed by atoms with Crippen LogP contribution in [0.5, 0.6) is 0 Å². The Balaban J connectivity index is 1.92. The largest absolute Gasteiger partial charge is 0.213 e. The number of sulfonamides is 1. The maximum absolute atomic E-state index is 13.1. The highest BCUT2D eigenvalue weighted by Crippen LogP contribution is 2.24. The lowest BCUT2D eigenvalue weighted by Gasteiger charge is -2.31. The van der Waals surface area contributed by atoms with Gasteiger partial charge >= 0.3 is 0 Å². The van der Waals surface area contributed by atoms with Crippen LogP contribution < -0.4 is 0 Å². The van der Waals surface area contributed by atoms with E-state index in [1.165, 1.54) is 6.07 Å². The Bertz CT molecular complexity index is 589. The fourth-order valence-corrected chi connectivity index (χ4v) is 3.97. The monoisotopic (exact) mass is 317 g/mol. The number of halogens is 2. The number of nitrogens with zero attached hydrogens (tertiary/aromatic N) is 1. The third-order valence-corrected chi connectivity index (χ3v) is 5.91. The lowest BCUT2D eigenvalue weighted by Crippen LogP contribution is -2.40. The molecule has 1 fully saturated rings. The average Bonchev–Trinajstić information content (AvgIpc) is 2.49. The van der Waals surface area contributed by atoms with Crippen LogP contribution in [0.15, 0.2) is 18.2 Å². The van der Waals surface area contributed by atoms with Crippen molar-refractivity contribution >= 4 is 10.0 Å². The van der Waals surface area contributed by atoms with Gasteiger partial charge in [0.1, 0.15) is 0 Å². The Morgan fingerprint density at radius 2 is 2.05 bits per heavy atom. The lowest BCUT2D eigenvalue weighted by molar-refractivity contribution is 0.256. The molecule has 1 atom stereocenters. The van der Waals surface area contributed by atoms with Gasteiger partial charge in [-0.15, -0.1) is 0 Å². The molecule has 0 bridgehead atoms. The zero-order valence-corrected chi connectivity index (χ0v) is 13.0. The van der Waals surface area contributed by atoms with Gasteiger partial charge in [-0.1, -0.05) is 6.07 Å². The van der Waals surface area contributed by atoms with Gasteiger partial charge in [-0.3, -0.25) is 0 Å². The topological polar surface area (TPSA) is 37.4 Å². The van der Waals surface area contributed by atoms with Gasteiger partial charge in [0.2, 0.25) is 10.0 Å². The zero-order valence-electron chi connectivity index (χ0n) is 12.2. The third kappa shape index (κ3) is 4.23. The normalized spacial score (nSPS) is 20.6. The summed E-state index contributed by atoms with van der Waals surface area (Å²) < 4.78 is 51.4. The van der Waals surface area contributed by atoms with Gasteiger partial charge in [-0.2, -0.15) is 0 Å². The summed E-state index contributed by atoms with van der Waals surface area (Å²) in [6.45, 7) is 2.79. The summed E-state index contributed by atoms with van der Waals surface area (Å²) in [7, 11) is -3.13. The van der Waals surface area contributed by atoms with Crippen LogP contribution in [-0.2, 0) is 16.4 Å². The molecule has 0 unspecified atom stereocenters. The minimum atomic E-state index is -3.13. The molecular formula is C15H21F2NO2S. The van der Waals surface area contributed by atoms with Crippen molar-refractivity contribution < 1.29 is 17.2 Å². The second-order valence-electron chi connectivity index (χ2n) is 5.55. The van der Waals surface area contributed by atoms with Gasteiger partial charge in [0.05, 0.1) is 5.75 Å². The Morgan fingerprint density at radius 1 is 1.29 bits per heavy atom. The Kier molecular flexibility index (Phi) is 5.32. The highest BCUT2D eigenvalue weighted by Gasteiger charge is 2.27. The van der Waals surface area contributed by atoms with Crippen molar-refractivity contribution in [2.75, 3.05) is 18.8 Å². The van der Waals surface area contributed by atoms with Crippen molar-refractivity contribution in [3.05, 3.63) is 35.4 Å². The first-order valence-electron chi connectivity index (χ1n) is 7.34. The summed E-state index contributed by atoms with van der Waals surface area (Å²) in [6, 6.07) is 3.94. The van der Waals surface area contributed by atoms with Crippen molar-refractivity contribution in [1.29, 1.82) is 0 Å². The molecule has 2 rings (SSSR count). The molecule has 0 spiro atoms. The number of rotatable bonds is 5. The molecule has 1 aromatic carbocycles. The van der Waals surface area contributed by atoms with E-state index in [0.29, 0.717) is 19.5 Å². The number of hydrogen-bond donors (Lipinski definition) is 0. The summed E-state index contributed by atoms with van der Waals surface area (Å²) in [5.41, 5.74) is 0.754. The molecule has 1 aromatic rings. The van der Waals surface area contributed by atoms with Crippen LogP contribution in [0.1, 0.15) is 31.7 Å². The van der Waals surface area contributed by atoms with Crippen molar-refractivity contribution in [3.8, 4) is 0 Å². The second-order valence-corrected chi connectivity index (χ2v) is 7.81. The SMILES string of the molecule is CCS(=O)(=O)N1CCC[C@@H](CCc2ccc(F)c(F)c2)C1. The predicted molar refractivity (Wildman–Crippen MR) is 78.4 cm³/mol. The van der Waals surface area contributed by atoms with Crippen LogP contribution in [-0.4, -0.2) is 31.6 Å². The molecule has 0 N–H and O–H groups in total. The first-order valence-corrected chi connectivity index (χ1v) is 8.95. The van der Waals surface area contributed by atoms with Crippen molar-refractivity contribution in [2.45, 2.75) is 32.6 Å². The summed E-state index contributed by atoms with van der Waals surface area (Å²) in [5.74, 6) is -1.25. The lowest BCUT2D eigenvalue weighted by atomic mass is 9.93. The maximum Gasteiger partial charge on any atom is 0.213 e. The Labute approximate surface area is 125 Å². The van der Waals surface area contributed by atoms with Crippen LogP contribution in [0.25, 0.3) is 0 Å². The summed E-state index contributed by atoms with van der Waals surface area (Å²) in [5, 5.41) is 0. The molecule has 1 aliphatic rings. The van der Waals surface area contributed by atoms with Gasteiger partial charge in [0.15, 0.2) is 11.6 Å². The Hall–Kier alpha value is -1.01. The Morgan fingerprint density at radius 3 is 2.71 bits per heavy atom. The average molecular weight is 317 g/mol. The molecule has 1 aliphatic heterocycles. The maximum atomic E-state index is 13.1.